The molecule has 0 radical (unpaired) electrons. The van der Waals surface area contributed by atoms with E-state index in [1.54, 1.807) is 43.3 Å². The number of hydrogen-bond donors (Lipinski definition) is 1. The number of hydrogen-bond acceptors (Lipinski definition) is 6. The zero-order valence-corrected chi connectivity index (χ0v) is 21.7. The molecule has 0 spiro atoms. The summed E-state index contributed by atoms with van der Waals surface area (Å²) in [6.07, 6.45) is 1.02. The number of carbonyl (C=O) groups excluding carboxylic acids is 2. The van der Waals surface area contributed by atoms with Crippen LogP contribution in [0.15, 0.2) is 42.5 Å². The lowest BCUT2D eigenvalue weighted by molar-refractivity contribution is -0.139. The Balaban J connectivity index is 1.93. The normalized spacial score (nSPS) is 13.8. The highest BCUT2D eigenvalue weighted by Gasteiger charge is 2.31. The minimum absolute atomic E-state index is 0.0317. The van der Waals surface area contributed by atoms with Gasteiger partial charge < -0.3 is 19.7 Å². The number of anilines is 1. The molecule has 11 heteroatoms. The SMILES string of the molecule is CC(C)NC(=O)[C@H](C)N(Cc1ccccc1Cl)C(=O)CN(c1ccc2c(c1)OCCO2)S(C)(=O)=O. The van der Waals surface area contributed by atoms with E-state index in [2.05, 4.69) is 5.32 Å². The maximum Gasteiger partial charge on any atom is 0.244 e. The summed E-state index contributed by atoms with van der Waals surface area (Å²) in [5, 5.41) is 3.24. The molecule has 3 rings (SSSR count). The van der Waals surface area contributed by atoms with E-state index in [4.69, 9.17) is 21.1 Å². The van der Waals surface area contributed by atoms with Crippen molar-refractivity contribution in [1.29, 1.82) is 0 Å². The summed E-state index contributed by atoms with van der Waals surface area (Å²) in [4.78, 5) is 27.7. The topological polar surface area (TPSA) is 105 Å². The van der Waals surface area contributed by atoms with Gasteiger partial charge in [-0.2, -0.15) is 0 Å². The molecule has 0 aromatic heterocycles. The number of carbonyl (C=O) groups is 2. The summed E-state index contributed by atoms with van der Waals surface area (Å²) in [7, 11) is -3.86. The predicted molar refractivity (Wildman–Crippen MR) is 134 cm³/mol. The highest BCUT2D eigenvalue weighted by molar-refractivity contribution is 7.92. The van der Waals surface area contributed by atoms with Crippen LogP contribution in [0.4, 0.5) is 5.69 Å². The first kappa shape index (κ1) is 26.6. The van der Waals surface area contributed by atoms with Gasteiger partial charge in [0.1, 0.15) is 25.8 Å². The van der Waals surface area contributed by atoms with E-state index in [0.29, 0.717) is 35.3 Å². The third-order valence-corrected chi connectivity index (χ3v) is 6.90. The van der Waals surface area contributed by atoms with Gasteiger partial charge in [0.05, 0.1) is 11.9 Å². The molecular formula is C24H30ClN3O6S. The van der Waals surface area contributed by atoms with Gasteiger partial charge in [-0.05, 0) is 44.5 Å². The Bertz CT molecular complexity index is 1190. The molecule has 190 valence electrons. The number of halogens is 1. The summed E-state index contributed by atoms with van der Waals surface area (Å²) >= 11 is 6.31. The van der Waals surface area contributed by atoms with Gasteiger partial charge in [0, 0.05) is 23.7 Å². The highest BCUT2D eigenvalue weighted by Crippen LogP contribution is 2.34. The monoisotopic (exact) mass is 523 g/mol. The second kappa shape index (κ2) is 11.2. The Hall–Kier alpha value is -2.98. The molecule has 0 aliphatic carbocycles. The van der Waals surface area contributed by atoms with Crippen LogP contribution in [0, 0.1) is 0 Å². The number of benzene rings is 2. The minimum Gasteiger partial charge on any atom is -0.486 e. The average molecular weight is 524 g/mol. The molecular weight excluding hydrogens is 494 g/mol. The van der Waals surface area contributed by atoms with E-state index in [1.165, 1.54) is 11.0 Å². The second-order valence-electron chi connectivity index (χ2n) is 8.55. The first-order valence-electron chi connectivity index (χ1n) is 11.2. The highest BCUT2D eigenvalue weighted by atomic mass is 35.5. The smallest absolute Gasteiger partial charge is 0.244 e. The molecule has 35 heavy (non-hydrogen) atoms. The minimum atomic E-state index is -3.86. The molecule has 1 aliphatic heterocycles. The molecule has 9 nitrogen and oxygen atoms in total. The van der Waals surface area contributed by atoms with E-state index in [0.717, 1.165) is 10.6 Å². The Kier molecular flexibility index (Phi) is 8.50. The Morgan fingerprint density at radius 3 is 2.34 bits per heavy atom. The van der Waals surface area contributed by atoms with Gasteiger partial charge >= 0.3 is 0 Å². The fourth-order valence-corrected chi connectivity index (χ4v) is 4.64. The molecule has 2 aromatic carbocycles. The van der Waals surface area contributed by atoms with Gasteiger partial charge in [-0.3, -0.25) is 13.9 Å². The van der Waals surface area contributed by atoms with Crippen LogP contribution in [-0.4, -0.2) is 63.2 Å². The lowest BCUT2D eigenvalue weighted by Crippen LogP contribution is -2.52. The van der Waals surface area contributed by atoms with E-state index < -0.39 is 28.5 Å². The Morgan fingerprint density at radius 2 is 1.71 bits per heavy atom. The number of rotatable bonds is 9. The largest absolute Gasteiger partial charge is 0.486 e. The molecule has 0 unspecified atom stereocenters. The van der Waals surface area contributed by atoms with Crippen LogP contribution >= 0.6 is 11.6 Å². The number of sulfonamides is 1. The van der Waals surface area contributed by atoms with Gasteiger partial charge in [0.2, 0.25) is 21.8 Å². The van der Waals surface area contributed by atoms with Crippen LogP contribution in [0.1, 0.15) is 26.3 Å². The van der Waals surface area contributed by atoms with E-state index in [9.17, 15) is 18.0 Å². The van der Waals surface area contributed by atoms with Gasteiger partial charge in [0.15, 0.2) is 11.5 Å². The quantitative estimate of drug-likeness (QED) is 0.542. The summed E-state index contributed by atoms with van der Waals surface area (Å²) in [6, 6.07) is 10.7. The van der Waals surface area contributed by atoms with Gasteiger partial charge in [-0.25, -0.2) is 8.42 Å². The van der Waals surface area contributed by atoms with Crippen LogP contribution in [-0.2, 0) is 26.2 Å². The standard InChI is InChI=1S/C24H30ClN3O6S/c1-16(2)26-24(30)17(3)27(14-18-7-5-6-8-20(18)25)23(29)15-28(35(4,31)32)19-9-10-21-22(13-19)34-12-11-33-21/h5-10,13,16-17H,11-12,14-15H2,1-4H3,(H,26,30)/t17-/m0/s1. The van der Waals surface area contributed by atoms with Crippen molar-refractivity contribution in [1.82, 2.24) is 10.2 Å². The van der Waals surface area contributed by atoms with E-state index in [-0.39, 0.29) is 24.2 Å². The third-order valence-electron chi connectivity index (χ3n) is 5.39. The van der Waals surface area contributed by atoms with Gasteiger partial charge in [0.25, 0.3) is 0 Å². The van der Waals surface area contributed by atoms with Crippen molar-refractivity contribution >= 4 is 39.1 Å². The molecule has 2 amide bonds. The number of ether oxygens (including phenoxy) is 2. The first-order chi connectivity index (χ1) is 16.5. The van der Waals surface area contributed by atoms with Crippen molar-refractivity contribution in [3.05, 3.63) is 53.1 Å². The molecule has 2 aromatic rings. The number of fused-ring (bicyclic) bond motifs is 1. The maximum absolute atomic E-state index is 13.6. The molecule has 0 fully saturated rings. The van der Waals surface area contributed by atoms with Crippen LogP contribution in [0.3, 0.4) is 0 Å². The van der Waals surface area contributed by atoms with Crippen molar-refractivity contribution in [2.24, 2.45) is 0 Å². The number of nitrogens with zero attached hydrogens (tertiary/aromatic N) is 2. The van der Waals surface area contributed by atoms with Crippen molar-refractivity contribution in [2.75, 3.05) is 30.3 Å². The molecule has 1 atom stereocenters. The van der Waals surface area contributed by atoms with Crippen molar-refractivity contribution in [2.45, 2.75) is 39.4 Å². The summed E-state index contributed by atoms with van der Waals surface area (Å²) in [5.41, 5.74) is 0.888. The zero-order valence-electron chi connectivity index (χ0n) is 20.2. The van der Waals surface area contributed by atoms with Crippen LogP contribution in [0.2, 0.25) is 5.02 Å². The van der Waals surface area contributed by atoms with Crippen molar-refractivity contribution < 1.29 is 27.5 Å². The predicted octanol–water partition coefficient (Wildman–Crippen LogP) is 2.82. The van der Waals surface area contributed by atoms with E-state index >= 15 is 0 Å². The summed E-state index contributed by atoms with van der Waals surface area (Å²) in [5.74, 6) is -0.0196. The molecule has 1 N–H and O–H groups in total. The van der Waals surface area contributed by atoms with Crippen molar-refractivity contribution in [3.63, 3.8) is 0 Å². The molecule has 1 aliphatic rings. The molecule has 0 bridgehead atoms. The lowest BCUT2D eigenvalue weighted by Gasteiger charge is -2.32. The second-order valence-corrected chi connectivity index (χ2v) is 10.9. The summed E-state index contributed by atoms with van der Waals surface area (Å²) in [6.45, 7) is 5.49. The van der Waals surface area contributed by atoms with E-state index in [1.807, 2.05) is 13.8 Å². The summed E-state index contributed by atoms with van der Waals surface area (Å²) < 4.78 is 37.5. The van der Waals surface area contributed by atoms with Gasteiger partial charge in [-0.1, -0.05) is 29.8 Å². The average Bonchev–Trinajstić information content (AvgIpc) is 2.80. The molecule has 1 heterocycles. The Labute approximate surface area is 211 Å². The zero-order chi connectivity index (χ0) is 25.8. The third kappa shape index (κ3) is 6.79. The number of amides is 2. The molecule has 0 saturated heterocycles. The fraction of sp³-hybridized carbons (Fsp3) is 0.417. The fourth-order valence-electron chi connectivity index (χ4n) is 3.60. The molecule has 0 saturated carbocycles. The van der Waals surface area contributed by atoms with Crippen LogP contribution < -0.4 is 19.1 Å². The van der Waals surface area contributed by atoms with Crippen molar-refractivity contribution in [3.8, 4) is 11.5 Å². The van der Waals surface area contributed by atoms with Gasteiger partial charge in [-0.15, -0.1) is 0 Å². The lowest BCUT2D eigenvalue weighted by atomic mass is 10.1. The van der Waals surface area contributed by atoms with Crippen LogP contribution in [0.25, 0.3) is 0 Å². The first-order valence-corrected chi connectivity index (χ1v) is 13.4. The van der Waals surface area contributed by atoms with Crippen LogP contribution in [0.5, 0.6) is 11.5 Å². The number of nitrogens with one attached hydrogen (secondary N) is 1. The maximum atomic E-state index is 13.6. The Morgan fingerprint density at radius 1 is 1.06 bits per heavy atom.